The summed E-state index contributed by atoms with van der Waals surface area (Å²) in [6.07, 6.45) is -3.88. The Hall–Kier alpha value is -0.240. The molecule has 3 unspecified atom stereocenters. The van der Waals surface area contributed by atoms with Crippen molar-refractivity contribution in [3.63, 3.8) is 0 Å². The monoisotopic (exact) mass is 279 g/mol. The van der Waals surface area contributed by atoms with Crippen LogP contribution in [0.3, 0.4) is 0 Å². The van der Waals surface area contributed by atoms with E-state index >= 15 is 0 Å². The molecule has 0 aromatic rings. The number of hydrogen-bond donors (Lipinski definition) is 5. The quantitative estimate of drug-likeness (QED) is 0.400. The van der Waals surface area contributed by atoms with Crippen LogP contribution in [0.2, 0.25) is 0 Å². The topological polar surface area (TPSA) is 102 Å². The lowest BCUT2D eigenvalue weighted by Gasteiger charge is -2.32. The second-order valence-electron chi connectivity index (χ2n) is 6.47. The first-order valence-electron chi connectivity index (χ1n) is 6.52. The summed E-state index contributed by atoms with van der Waals surface area (Å²) in [5, 5.41) is 40.2. The zero-order valence-electron chi connectivity index (χ0n) is 12.6. The van der Waals surface area contributed by atoms with Crippen LogP contribution in [0.25, 0.3) is 0 Å². The lowest BCUT2D eigenvalue weighted by Crippen LogP contribution is -2.52. The molecule has 5 N–H and O–H groups in total. The van der Waals surface area contributed by atoms with Crippen LogP contribution in [-0.4, -0.2) is 69.6 Å². The molecule has 0 aliphatic heterocycles. The molecule has 116 valence electrons. The van der Waals surface area contributed by atoms with Crippen LogP contribution in [0.5, 0.6) is 0 Å². The minimum Gasteiger partial charge on any atom is -0.394 e. The maximum atomic E-state index is 9.69. The summed E-state index contributed by atoms with van der Waals surface area (Å²) in [6.45, 7) is 9.66. The van der Waals surface area contributed by atoms with Crippen LogP contribution in [0.4, 0.5) is 0 Å². The van der Waals surface area contributed by atoms with Gasteiger partial charge in [-0.2, -0.15) is 0 Å². The van der Waals surface area contributed by atoms with Gasteiger partial charge in [0.2, 0.25) is 0 Å². The Morgan fingerprint density at radius 3 is 1.95 bits per heavy atom. The van der Waals surface area contributed by atoms with E-state index in [2.05, 4.69) is 5.32 Å². The van der Waals surface area contributed by atoms with E-state index in [0.29, 0.717) is 6.61 Å². The van der Waals surface area contributed by atoms with Gasteiger partial charge in [0, 0.05) is 12.1 Å². The molecule has 0 amide bonds. The second-order valence-corrected chi connectivity index (χ2v) is 6.47. The van der Waals surface area contributed by atoms with Gasteiger partial charge in [0.05, 0.1) is 24.9 Å². The molecule has 0 spiro atoms. The van der Waals surface area contributed by atoms with Crippen molar-refractivity contribution in [1.82, 2.24) is 5.32 Å². The van der Waals surface area contributed by atoms with Gasteiger partial charge in [-0.1, -0.05) is 0 Å². The summed E-state index contributed by atoms with van der Waals surface area (Å²) in [5.41, 5.74) is -0.623. The van der Waals surface area contributed by atoms with Crippen LogP contribution in [0, 0.1) is 0 Å². The summed E-state index contributed by atoms with van der Waals surface area (Å²) >= 11 is 0. The normalized spacial score (nSPS) is 18.2. The van der Waals surface area contributed by atoms with E-state index in [9.17, 15) is 15.3 Å². The minimum atomic E-state index is -1.38. The summed E-state index contributed by atoms with van der Waals surface area (Å²) in [6, 6.07) is 0. The van der Waals surface area contributed by atoms with E-state index in [0.717, 1.165) is 0 Å². The highest BCUT2D eigenvalue weighted by atomic mass is 16.5. The van der Waals surface area contributed by atoms with Crippen molar-refractivity contribution in [1.29, 1.82) is 0 Å². The largest absolute Gasteiger partial charge is 0.394 e. The van der Waals surface area contributed by atoms with Crippen LogP contribution < -0.4 is 5.32 Å². The lowest BCUT2D eigenvalue weighted by molar-refractivity contribution is -0.0794. The van der Waals surface area contributed by atoms with Gasteiger partial charge in [0.15, 0.2) is 0 Å². The van der Waals surface area contributed by atoms with Crippen molar-refractivity contribution in [3.05, 3.63) is 0 Å². The fourth-order valence-corrected chi connectivity index (χ4v) is 1.31. The van der Waals surface area contributed by atoms with Crippen molar-refractivity contribution in [2.45, 2.75) is 64.1 Å². The molecule has 0 fully saturated rings. The zero-order valence-corrected chi connectivity index (χ0v) is 12.6. The number of aliphatic hydroxyl groups is 4. The number of nitrogens with one attached hydrogen (secondary N) is 1. The Labute approximate surface area is 115 Å². The lowest BCUT2D eigenvalue weighted by atomic mass is 10.0. The van der Waals surface area contributed by atoms with Gasteiger partial charge < -0.3 is 30.5 Å². The summed E-state index contributed by atoms with van der Waals surface area (Å²) in [5.74, 6) is 0. The van der Waals surface area contributed by atoms with Gasteiger partial charge in [0.25, 0.3) is 0 Å². The molecular formula is C13H29NO5. The molecule has 19 heavy (non-hydrogen) atoms. The standard InChI is InChI=1S/C13H29NO5/c1-12(2,3)19-8-13(4,5)14-6-9(16)11(18)10(17)7-15/h9-11,14-18H,6-8H2,1-5H3. The van der Waals surface area contributed by atoms with E-state index in [1.807, 2.05) is 34.6 Å². The Kier molecular flexibility index (Phi) is 7.42. The fraction of sp³-hybridized carbons (Fsp3) is 1.00. The average Bonchev–Trinajstić information content (AvgIpc) is 2.31. The van der Waals surface area contributed by atoms with E-state index < -0.39 is 24.9 Å². The molecule has 0 rings (SSSR count). The number of β-amino-alcohol motifs (C(OH)–C–C–N with tert-alkyl or cyclic N) is 1. The molecule has 0 saturated heterocycles. The van der Waals surface area contributed by atoms with Crippen molar-refractivity contribution in [2.24, 2.45) is 0 Å². The van der Waals surface area contributed by atoms with Gasteiger partial charge in [-0.05, 0) is 34.6 Å². The number of hydrogen-bond acceptors (Lipinski definition) is 6. The first-order valence-corrected chi connectivity index (χ1v) is 6.52. The third kappa shape index (κ3) is 8.52. The van der Waals surface area contributed by atoms with Gasteiger partial charge in [-0.25, -0.2) is 0 Å². The highest BCUT2D eigenvalue weighted by Crippen LogP contribution is 2.12. The molecule has 6 heteroatoms. The first-order chi connectivity index (χ1) is 8.48. The van der Waals surface area contributed by atoms with Crippen molar-refractivity contribution in [3.8, 4) is 0 Å². The van der Waals surface area contributed by atoms with Gasteiger partial charge in [-0.3, -0.25) is 0 Å². The summed E-state index contributed by atoms with van der Waals surface area (Å²) in [4.78, 5) is 0. The predicted octanol–water partition coefficient (Wildman–Crippen LogP) is -0.755. The van der Waals surface area contributed by atoms with Crippen LogP contribution >= 0.6 is 0 Å². The van der Waals surface area contributed by atoms with E-state index in [1.165, 1.54) is 0 Å². The van der Waals surface area contributed by atoms with Gasteiger partial charge in [0.1, 0.15) is 12.2 Å². The highest BCUT2D eigenvalue weighted by molar-refractivity contribution is 4.83. The molecular weight excluding hydrogens is 250 g/mol. The average molecular weight is 279 g/mol. The molecule has 0 aliphatic carbocycles. The number of ether oxygens (including phenoxy) is 1. The molecule has 0 aromatic heterocycles. The molecule has 0 radical (unpaired) electrons. The molecule has 0 bridgehead atoms. The van der Waals surface area contributed by atoms with E-state index in [1.54, 1.807) is 0 Å². The maximum Gasteiger partial charge on any atom is 0.109 e. The number of aliphatic hydroxyl groups excluding tert-OH is 4. The molecule has 0 aliphatic rings. The Balaban J connectivity index is 4.15. The Morgan fingerprint density at radius 2 is 1.53 bits per heavy atom. The Bertz CT molecular complexity index is 252. The van der Waals surface area contributed by atoms with Crippen LogP contribution in [0.1, 0.15) is 34.6 Å². The fourth-order valence-electron chi connectivity index (χ4n) is 1.31. The van der Waals surface area contributed by atoms with E-state index in [-0.39, 0.29) is 17.7 Å². The van der Waals surface area contributed by atoms with E-state index in [4.69, 9.17) is 9.84 Å². The van der Waals surface area contributed by atoms with Gasteiger partial charge >= 0.3 is 0 Å². The molecule has 0 aromatic carbocycles. The maximum absolute atomic E-state index is 9.69. The molecule has 0 heterocycles. The molecule has 6 nitrogen and oxygen atoms in total. The smallest absolute Gasteiger partial charge is 0.109 e. The summed E-state index contributed by atoms with van der Waals surface area (Å²) < 4.78 is 5.66. The SMILES string of the molecule is CC(C)(COC(C)(C)C)NCC(O)C(O)C(O)CO. The van der Waals surface area contributed by atoms with Crippen LogP contribution in [-0.2, 0) is 4.74 Å². The second kappa shape index (κ2) is 7.52. The highest BCUT2D eigenvalue weighted by Gasteiger charge is 2.27. The molecule has 3 atom stereocenters. The molecule has 0 saturated carbocycles. The summed E-state index contributed by atoms with van der Waals surface area (Å²) in [7, 11) is 0. The first kappa shape index (κ1) is 18.8. The Morgan fingerprint density at radius 1 is 1.00 bits per heavy atom. The third-order valence-corrected chi connectivity index (χ3v) is 2.63. The van der Waals surface area contributed by atoms with Gasteiger partial charge in [-0.15, -0.1) is 0 Å². The predicted molar refractivity (Wildman–Crippen MR) is 72.9 cm³/mol. The number of rotatable bonds is 8. The van der Waals surface area contributed by atoms with Crippen molar-refractivity contribution >= 4 is 0 Å². The third-order valence-electron chi connectivity index (χ3n) is 2.63. The van der Waals surface area contributed by atoms with Crippen molar-refractivity contribution in [2.75, 3.05) is 19.8 Å². The van der Waals surface area contributed by atoms with Crippen molar-refractivity contribution < 1.29 is 25.2 Å². The minimum absolute atomic E-state index is 0.0960. The van der Waals surface area contributed by atoms with Crippen LogP contribution in [0.15, 0.2) is 0 Å². The zero-order chi connectivity index (χ0) is 15.3.